The lowest BCUT2D eigenvalue weighted by Crippen LogP contribution is -2.04. The number of phenols is 1. The second-order valence-electron chi connectivity index (χ2n) is 7.74. The van der Waals surface area contributed by atoms with E-state index in [0.717, 1.165) is 59.4 Å². The van der Waals surface area contributed by atoms with Crippen LogP contribution in [0, 0.1) is 4.91 Å². The quantitative estimate of drug-likeness (QED) is 0.145. The third kappa shape index (κ3) is 7.24. The maximum atomic E-state index is 11.4. The minimum atomic E-state index is -0.500. The topological polar surface area (TPSA) is 76.0 Å². The molecule has 5 nitrogen and oxygen atoms in total. The molecule has 1 unspecified atom stereocenters. The maximum Gasteiger partial charge on any atom is 0.309 e. The monoisotopic (exact) mass is 477 g/mol. The van der Waals surface area contributed by atoms with Crippen molar-refractivity contribution in [2.45, 2.75) is 69.7 Å². The summed E-state index contributed by atoms with van der Waals surface area (Å²) in [6, 6.07) is 9.07. The molecule has 0 spiro atoms. The number of carbonyl (C=O) groups is 1. The second-order valence-corrected chi connectivity index (χ2v) is 9.29. The predicted octanol–water partition coefficient (Wildman–Crippen LogP) is 7.05. The van der Waals surface area contributed by atoms with Gasteiger partial charge in [-0.25, -0.2) is 0 Å². The molecule has 2 rings (SSSR count). The van der Waals surface area contributed by atoms with E-state index in [4.69, 9.17) is 16.3 Å². The first-order chi connectivity index (χ1) is 15.4. The highest BCUT2D eigenvalue weighted by atomic mass is 35.5. The number of methoxy groups -OCH3 is 1. The van der Waals surface area contributed by atoms with Crippen LogP contribution in [0.15, 0.2) is 40.4 Å². The molecule has 0 radical (unpaired) electrons. The first kappa shape index (κ1) is 26.2. The zero-order valence-corrected chi connectivity index (χ0v) is 20.6. The van der Waals surface area contributed by atoms with Crippen molar-refractivity contribution in [1.29, 1.82) is 0 Å². The van der Waals surface area contributed by atoms with Gasteiger partial charge in [0, 0.05) is 10.5 Å². The number of nitroso groups, excluding NO2 is 1. The molecule has 0 saturated heterocycles. The van der Waals surface area contributed by atoms with Gasteiger partial charge in [0.25, 0.3) is 0 Å². The van der Waals surface area contributed by atoms with Gasteiger partial charge < -0.3 is 9.84 Å². The number of rotatable bonds is 13. The zero-order valence-electron chi connectivity index (χ0n) is 19.0. The summed E-state index contributed by atoms with van der Waals surface area (Å²) in [5, 5.41) is 14.6. The Labute approximate surface area is 199 Å². The van der Waals surface area contributed by atoms with Crippen LogP contribution in [0.4, 0.5) is 0 Å². The molecule has 0 saturated carbocycles. The number of ether oxygens (including phenoxy) is 1. The van der Waals surface area contributed by atoms with Crippen LogP contribution >= 0.6 is 23.4 Å². The van der Waals surface area contributed by atoms with E-state index in [1.807, 2.05) is 37.3 Å². The summed E-state index contributed by atoms with van der Waals surface area (Å²) >= 11 is 8.07. The normalized spacial score (nSPS) is 11.9. The Morgan fingerprint density at radius 2 is 1.97 bits per heavy atom. The molecule has 174 valence electrons. The van der Waals surface area contributed by atoms with E-state index in [1.54, 1.807) is 11.8 Å². The Morgan fingerprint density at radius 3 is 2.59 bits per heavy atom. The van der Waals surface area contributed by atoms with Gasteiger partial charge in [-0.2, -0.15) is 4.91 Å². The number of thioether (sulfide) groups is 1. The van der Waals surface area contributed by atoms with Crippen LogP contribution in [0.2, 0.25) is 5.02 Å². The molecule has 0 heterocycles. The molecule has 1 N–H and O–H groups in total. The average molecular weight is 478 g/mol. The van der Waals surface area contributed by atoms with E-state index in [9.17, 15) is 14.8 Å². The first-order valence-electron chi connectivity index (χ1n) is 11.1. The van der Waals surface area contributed by atoms with Crippen molar-refractivity contribution in [2.75, 3.05) is 12.9 Å². The summed E-state index contributed by atoms with van der Waals surface area (Å²) in [4.78, 5) is 23.5. The fourth-order valence-electron chi connectivity index (χ4n) is 3.69. The molecule has 32 heavy (non-hydrogen) atoms. The van der Waals surface area contributed by atoms with Crippen LogP contribution in [0.1, 0.15) is 67.8 Å². The number of hydrogen-bond acceptors (Lipinski definition) is 6. The molecule has 0 aliphatic rings. The third-order valence-electron chi connectivity index (χ3n) is 5.45. The number of benzene rings is 2. The largest absolute Gasteiger partial charge is 0.507 e. The highest BCUT2D eigenvalue weighted by Crippen LogP contribution is 2.35. The molecule has 0 amide bonds. The minimum Gasteiger partial charge on any atom is -0.507 e. The van der Waals surface area contributed by atoms with E-state index >= 15 is 0 Å². The average Bonchev–Trinajstić information content (AvgIpc) is 2.78. The lowest BCUT2D eigenvalue weighted by atomic mass is 9.92. The molecule has 2 aromatic carbocycles. The summed E-state index contributed by atoms with van der Waals surface area (Å²) in [5.74, 6) is 0.885. The number of halogens is 1. The van der Waals surface area contributed by atoms with Crippen LogP contribution in [-0.2, 0) is 28.8 Å². The van der Waals surface area contributed by atoms with Crippen molar-refractivity contribution in [3.63, 3.8) is 0 Å². The van der Waals surface area contributed by atoms with Gasteiger partial charge in [0.1, 0.15) is 11.8 Å². The maximum absolute atomic E-state index is 11.4. The van der Waals surface area contributed by atoms with Crippen LogP contribution in [0.3, 0.4) is 0 Å². The number of esters is 1. The zero-order chi connectivity index (χ0) is 23.5. The summed E-state index contributed by atoms with van der Waals surface area (Å²) < 4.78 is 4.69. The van der Waals surface area contributed by atoms with Gasteiger partial charge in [0.2, 0.25) is 0 Å². The van der Waals surface area contributed by atoms with Crippen molar-refractivity contribution in [1.82, 2.24) is 0 Å². The number of phenolic OH excluding ortho intramolecular Hbond substituents is 1. The van der Waals surface area contributed by atoms with Crippen molar-refractivity contribution >= 4 is 29.3 Å². The van der Waals surface area contributed by atoms with Crippen LogP contribution < -0.4 is 0 Å². The van der Waals surface area contributed by atoms with E-state index in [-0.39, 0.29) is 18.1 Å². The highest BCUT2D eigenvalue weighted by molar-refractivity contribution is 7.99. The van der Waals surface area contributed by atoms with Crippen LogP contribution in [-0.4, -0.2) is 23.9 Å². The summed E-state index contributed by atoms with van der Waals surface area (Å²) in [6.07, 6.45) is 5.37. The molecule has 0 fully saturated rings. The van der Waals surface area contributed by atoms with E-state index in [0.29, 0.717) is 17.0 Å². The van der Waals surface area contributed by atoms with Crippen LogP contribution in [0.5, 0.6) is 5.75 Å². The van der Waals surface area contributed by atoms with Gasteiger partial charge in [0.15, 0.2) is 0 Å². The van der Waals surface area contributed by atoms with Gasteiger partial charge in [-0.15, -0.1) is 11.8 Å². The van der Waals surface area contributed by atoms with Crippen molar-refractivity contribution in [3.8, 4) is 5.75 Å². The molecule has 7 heteroatoms. The van der Waals surface area contributed by atoms with Gasteiger partial charge in [-0.3, -0.25) is 4.79 Å². The Morgan fingerprint density at radius 1 is 1.19 bits per heavy atom. The number of aromatic hydroxyl groups is 1. The number of nitrogens with zero attached hydrogens (tertiary/aromatic N) is 1. The smallest absolute Gasteiger partial charge is 0.309 e. The fraction of sp³-hybridized carbons (Fsp3) is 0.480. The second kappa shape index (κ2) is 13.5. The van der Waals surface area contributed by atoms with Crippen molar-refractivity contribution in [2.24, 2.45) is 5.18 Å². The Bertz CT molecular complexity index is 919. The molecule has 1 atom stereocenters. The lowest BCUT2D eigenvalue weighted by molar-refractivity contribution is -0.139. The number of aryl methyl sites for hydroxylation is 1. The first-order valence-corrected chi connectivity index (χ1v) is 12.5. The Kier molecular flexibility index (Phi) is 11.0. The molecule has 0 aliphatic carbocycles. The summed E-state index contributed by atoms with van der Waals surface area (Å²) in [5.41, 5.74) is 3.57. The van der Waals surface area contributed by atoms with Gasteiger partial charge in [-0.05, 0) is 66.7 Å². The van der Waals surface area contributed by atoms with Crippen LogP contribution in [0.25, 0.3) is 0 Å². The summed E-state index contributed by atoms with van der Waals surface area (Å²) in [7, 11) is 1.37. The number of unbranched alkanes of at least 4 members (excludes halogenated alkanes) is 1. The molecular formula is C25H32ClNO4S. The van der Waals surface area contributed by atoms with Gasteiger partial charge in [-0.1, -0.05) is 55.2 Å². The molecule has 2 aromatic rings. The van der Waals surface area contributed by atoms with Crippen molar-refractivity contribution < 1.29 is 14.6 Å². The van der Waals surface area contributed by atoms with Gasteiger partial charge in [0.05, 0.1) is 18.6 Å². The van der Waals surface area contributed by atoms with E-state index < -0.39 is 6.04 Å². The third-order valence-corrected chi connectivity index (χ3v) is 7.04. The molecule has 0 bridgehead atoms. The van der Waals surface area contributed by atoms with E-state index in [2.05, 4.69) is 12.1 Å². The highest BCUT2D eigenvalue weighted by Gasteiger charge is 2.18. The summed E-state index contributed by atoms with van der Waals surface area (Å²) in [6.45, 7) is 3.98. The Hall–Kier alpha value is -2.05. The molecule has 0 aromatic heterocycles. The molecular weight excluding hydrogens is 446 g/mol. The SMILES string of the molecule is CCCc1c(CCCCSc2ccc(CC(=O)OC)cc2Cl)ccc(C(CC)N=O)c1O. The minimum absolute atomic E-state index is 0.217. The van der Waals surface area contributed by atoms with Crippen molar-refractivity contribution in [3.05, 3.63) is 62.5 Å². The Balaban J connectivity index is 1.93. The predicted molar refractivity (Wildman–Crippen MR) is 132 cm³/mol. The van der Waals surface area contributed by atoms with Gasteiger partial charge >= 0.3 is 5.97 Å². The molecule has 0 aliphatic heterocycles. The van der Waals surface area contributed by atoms with E-state index in [1.165, 1.54) is 7.11 Å². The fourth-order valence-corrected chi connectivity index (χ4v) is 4.99. The standard InChI is InChI=1S/C25H32ClNO4S/c1-4-8-19-18(11-12-20(25(19)29)22(5-2)27-30)9-6-7-14-32-23-13-10-17(15-21(23)26)16-24(28)31-3/h10-13,15,22,29H,4-9,14,16H2,1-3H3. The number of carbonyl (C=O) groups excluding carboxylic acids is 1. The lowest BCUT2D eigenvalue weighted by Gasteiger charge is -2.17. The number of hydrogen-bond donors (Lipinski definition) is 1.